The van der Waals surface area contributed by atoms with Crippen molar-refractivity contribution < 1.29 is 8.42 Å². The summed E-state index contributed by atoms with van der Waals surface area (Å²) in [6.07, 6.45) is 1.38. The molecule has 1 heterocycles. The summed E-state index contributed by atoms with van der Waals surface area (Å²) in [6, 6.07) is -0.211. The van der Waals surface area contributed by atoms with Gasteiger partial charge in [0.1, 0.15) is 0 Å². The monoisotopic (exact) mass is 249 g/mol. The molecule has 0 aromatic carbocycles. The second-order valence-corrected chi connectivity index (χ2v) is 6.76. The number of nitrogens with two attached hydrogens (primary N) is 1. The maximum Gasteiger partial charge on any atom is 0.254 e. The van der Waals surface area contributed by atoms with E-state index in [9.17, 15) is 8.42 Å². The van der Waals surface area contributed by atoms with E-state index in [4.69, 9.17) is 5.73 Å². The zero-order chi connectivity index (χ0) is 11.6. The molecule has 0 saturated carbocycles. The van der Waals surface area contributed by atoms with Crippen LogP contribution in [0.15, 0.2) is 10.4 Å². The van der Waals surface area contributed by atoms with Gasteiger partial charge in [0.15, 0.2) is 4.21 Å². The van der Waals surface area contributed by atoms with E-state index in [0.717, 1.165) is 5.01 Å². The van der Waals surface area contributed by atoms with E-state index < -0.39 is 10.0 Å². The third-order valence-corrected chi connectivity index (χ3v) is 5.52. The summed E-state index contributed by atoms with van der Waals surface area (Å²) in [4.78, 5) is 3.93. The number of hydrogen-bond acceptors (Lipinski definition) is 5. The minimum Gasteiger partial charge on any atom is -0.329 e. The average Bonchev–Trinajstić information content (AvgIpc) is 2.63. The Kier molecular flexibility index (Phi) is 3.82. The largest absolute Gasteiger partial charge is 0.329 e. The highest BCUT2D eigenvalue weighted by molar-refractivity contribution is 7.91. The second kappa shape index (κ2) is 4.56. The molecule has 2 N–H and O–H groups in total. The molecule has 0 aliphatic rings. The number of sulfonamides is 1. The Labute approximate surface area is 94.0 Å². The van der Waals surface area contributed by atoms with Gasteiger partial charge in [-0.3, -0.25) is 0 Å². The van der Waals surface area contributed by atoms with Crippen molar-refractivity contribution in [2.75, 3.05) is 13.6 Å². The predicted molar refractivity (Wildman–Crippen MR) is 60.3 cm³/mol. The van der Waals surface area contributed by atoms with Gasteiger partial charge < -0.3 is 5.73 Å². The summed E-state index contributed by atoms with van der Waals surface area (Å²) in [7, 11) is -1.89. The van der Waals surface area contributed by atoms with Gasteiger partial charge in [0.25, 0.3) is 10.0 Å². The lowest BCUT2D eigenvalue weighted by molar-refractivity contribution is 0.395. The van der Waals surface area contributed by atoms with Crippen LogP contribution in [0.4, 0.5) is 0 Å². The van der Waals surface area contributed by atoms with Crippen molar-refractivity contribution in [2.45, 2.75) is 24.1 Å². The zero-order valence-corrected chi connectivity index (χ0v) is 10.6. The first kappa shape index (κ1) is 12.6. The standard InChI is InChI=1S/C8H15N3O2S2/c1-6(4-9)11(3)15(12,13)8-5-10-7(2)14-8/h5-6H,4,9H2,1-3H3. The maximum absolute atomic E-state index is 12.0. The van der Waals surface area contributed by atoms with Crippen LogP contribution >= 0.6 is 11.3 Å². The Hall–Kier alpha value is -0.500. The number of rotatable bonds is 4. The predicted octanol–water partition coefficient (Wildman–Crippen LogP) is 0.419. The maximum atomic E-state index is 12.0. The summed E-state index contributed by atoms with van der Waals surface area (Å²) in [6.45, 7) is 3.84. The van der Waals surface area contributed by atoms with Crippen LogP contribution in [0.2, 0.25) is 0 Å². The molecule has 0 bridgehead atoms. The van der Waals surface area contributed by atoms with Gasteiger partial charge in [0.2, 0.25) is 0 Å². The van der Waals surface area contributed by atoms with E-state index in [1.54, 1.807) is 13.8 Å². The van der Waals surface area contributed by atoms with Crippen LogP contribution in [0.25, 0.3) is 0 Å². The summed E-state index contributed by atoms with van der Waals surface area (Å²) < 4.78 is 25.5. The first-order valence-electron chi connectivity index (χ1n) is 4.50. The van der Waals surface area contributed by atoms with Gasteiger partial charge in [-0.2, -0.15) is 4.31 Å². The highest BCUT2D eigenvalue weighted by Gasteiger charge is 2.26. The van der Waals surface area contributed by atoms with E-state index in [-0.39, 0.29) is 10.3 Å². The molecule has 1 atom stereocenters. The fourth-order valence-corrected chi connectivity index (χ4v) is 3.66. The minimum absolute atomic E-state index is 0.211. The molecule has 0 amide bonds. The zero-order valence-electron chi connectivity index (χ0n) is 8.97. The molecule has 1 aromatic heterocycles. The van der Waals surface area contributed by atoms with Crippen molar-refractivity contribution in [3.63, 3.8) is 0 Å². The molecule has 1 unspecified atom stereocenters. The van der Waals surface area contributed by atoms with Gasteiger partial charge >= 0.3 is 0 Å². The number of nitrogens with zero attached hydrogens (tertiary/aromatic N) is 2. The first-order valence-corrected chi connectivity index (χ1v) is 6.75. The van der Waals surface area contributed by atoms with Crippen molar-refractivity contribution in [3.05, 3.63) is 11.2 Å². The van der Waals surface area contributed by atoms with Crippen LogP contribution in [-0.4, -0.2) is 37.3 Å². The Morgan fingerprint density at radius 3 is 2.67 bits per heavy atom. The highest BCUT2D eigenvalue weighted by atomic mass is 32.2. The molecule has 15 heavy (non-hydrogen) atoms. The smallest absolute Gasteiger partial charge is 0.254 e. The summed E-state index contributed by atoms with van der Waals surface area (Å²) >= 11 is 1.17. The molecule has 0 aliphatic heterocycles. The van der Waals surface area contributed by atoms with Crippen LogP contribution in [-0.2, 0) is 10.0 Å². The average molecular weight is 249 g/mol. The van der Waals surface area contributed by atoms with Gasteiger partial charge in [0.05, 0.1) is 11.2 Å². The topological polar surface area (TPSA) is 76.3 Å². The molecule has 86 valence electrons. The van der Waals surface area contributed by atoms with Gasteiger partial charge in [-0.25, -0.2) is 13.4 Å². The molecule has 0 fully saturated rings. The van der Waals surface area contributed by atoms with Crippen LogP contribution in [0.3, 0.4) is 0 Å². The van der Waals surface area contributed by atoms with E-state index in [1.807, 2.05) is 0 Å². The summed E-state index contributed by atoms with van der Waals surface area (Å²) in [5.41, 5.74) is 5.43. The van der Waals surface area contributed by atoms with Crippen molar-refractivity contribution >= 4 is 21.4 Å². The summed E-state index contributed by atoms with van der Waals surface area (Å²) in [5, 5.41) is 0.738. The first-order chi connectivity index (χ1) is 6.89. The number of aryl methyl sites for hydroxylation is 1. The van der Waals surface area contributed by atoms with Gasteiger partial charge in [-0.1, -0.05) is 0 Å². The lowest BCUT2D eigenvalue weighted by Crippen LogP contribution is -2.39. The Morgan fingerprint density at radius 2 is 2.27 bits per heavy atom. The molecule has 1 rings (SSSR count). The fourth-order valence-electron chi connectivity index (χ4n) is 0.988. The second-order valence-electron chi connectivity index (χ2n) is 3.30. The molecule has 0 aliphatic carbocycles. The van der Waals surface area contributed by atoms with Gasteiger partial charge in [-0.15, -0.1) is 11.3 Å². The molecular weight excluding hydrogens is 234 g/mol. The third kappa shape index (κ3) is 2.54. The van der Waals surface area contributed by atoms with Crippen LogP contribution in [0, 0.1) is 6.92 Å². The molecular formula is C8H15N3O2S2. The van der Waals surface area contributed by atoms with Crippen LogP contribution in [0.1, 0.15) is 11.9 Å². The van der Waals surface area contributed by atoms with E-state index in [2.05, 4.69) is 4.98 Å². The number of hydrogen-bond donors (Lipinski definition) is 1. The van der Waals surface area contributed by atoms with Crippen LogP contribution < -0.4 is 5.73 Å². The summed E-state index contributed by atoms with van der Waals surface area (Å²) in [5.74, 6) is 0. The molecule has 1 aromatic rings. The Bertz CT molecular complexity index is 427. The van der Waals surface area contributed by atoms with Crippen molar-refractivity contribution in [1.82, 2.24) is 9.29 Å². The lowest BCUT2D eigenvalue weighted by atomic mass is 10.4. The Morgan fingerprint density at radius 1 is 1.67 bits per heavy atom. The SMILES string of the molecule is Cc1ncc(S(=O)(=O)N(C)C(C)CN)s1. The molecule has 0 saturated heterocycles. The van der Waals surface area contributed by atoms with Gasteiger partial charge in [0, 0.05) is 19.6 Å². The third-order valence-electron chi connectivity index (χ3n) is 2.20. The van der Waals surface area contributed by atoms with E-state index in [0.29, 0.717) is 6.54 Å². The normalized spacial score (nSPS) is 14.5. The quantitative estimate of drug-likeness (QED) is 0.839. The van der Waals surface area contributed by atoms with Crippen molar-refractivity contribution in [2.24, 2.45) is 5.73 Å². The number of aromatic nitrogens is 1. The van der Waals surface area contributed by atoms with E-state index >= 15 is 0 Å². The van der Waals surface area contributed by atoms with E-state index in [1.165, 1.54) is 28.9 Å². The highest BCUT2D eigenvalue weighted by Crippen LogP contribution is 2.22. The molecule has 7 heteroatoms. The van der Waals surface area contributed by atoms with Gasteiger partial charge in [-0.05, 0) is 13.8 Å². The van der Waals surface area contributed by atoms with Crippen LogP contribution in [0.5, 0.6) is 0 Å². The number of thiazole rings is 1. The fraction of sp³-hybridized carbons (Fsp3) is 0.625. The molecule has 0 radical (unpaired) electrons. The number of likely N-dealkylation sites (N-methyl/N-ethyl adjacent to an activating group) is 1. The molecule has 5 nitrogen and oxygen atoms in total. The lowest BCUT2D eigenvalue weighted by Gasteiger charge is -2.21. The molecule has 0 spiro atoms. The van der Waals surface area contributed by atoms with Crippen molar-refractivity contribution in [1.29, 1.82) is 0 Å². The Balaban J connectivity index is 3.03. The minimum atomic E-state index is -3.42. The van der Waals surface area contributed by atoms with Crippen molar-refractivity contribution in [3.8, 4) is 0 Å².